The van der Waals surface area contributed by atoms with Crippen LogP contribution in [0, 0.1) is 0 Å². The third-order valence-corrected chi connectivity index (χ3v) is 3.42. The number of benzene rings is 1. The molecule has 1 aliphatic rings. The number of amides is 1. The van der Waals surface area contributed by atoms with Gasteiger partial charge in [-0.1, -0.05) is 6.07 Å². The second-order valence-electron chi connectivity index (χ2n) is 5.01. The van der Waals surface area contributed by atoms with Gasteiger partial charge in [0, 0.05) is 7.11 Å². The van der Waals surface area contributed by atoms with Crippen LogP contribution in [0.25, 0.3) is 0 Å². The number of nitrogens with one attached hydrogen (secondary N) is 1. The van der Waals surface area contributed by atoms with Crippen molar-refractivity contribution in [1.29, 1.82) is 0 Å². The third-order valence-electron chi connectivity index (χ3n) is 3.42. The Morgan fingerprint density at radius 3 is 2.91 bits per heavy atom. The number of rotatable bonds is 5. The maximum absolute atomic E-state index is 12.2. The molecule has 3 rings (SSSR count). The fourth-order valence-corrected chi connectivity index (χ4v) is 2.25. The lowest BCUT2D eigenvalue weighted by Crippen LogP contribution is -2.26. The van der Waals surface area contributed by atoms with Crippen molar-refractivity contribution in [2.75, 3.05) is 13.9 Å². The van der Waals surface area contributed by atoms with E-state index in [1.807, 2.05) is 25.1 Å². The predicted octanol–water partition coefficient (Wildman–Crippen LogP) is 2.65. The Labute approximate surface area is 128 Å². The van der Waals surface area contributed by atoms with Crippen LogP contribution in [0.3, 0.4) is 0 Å². The van der Waals surface area contributed by atoms with E-state index in [1.165, 1.54) is 0 Å². The molecular formula is C16H17NO5. The quantitative estimate of drug-likeness (QED) is 0.919. The normalized spacial score (nSPS) is 13.9. The van der Waals surface area contributed by atoms with Crippen LogP contribution in [0.2, 0.25) is 0 Å². The van der Waals surface area contributed by atoms with Crippen molar-refractivity contribution in [2.24, 2.45) is 0 Å². The van der Waals surface area contributed by atoms with Crippen LogP contribution in [0.1, 0.15) is 34.8 Å². The summed E-state index contributed by atoms with van der Waals surface area (Å²) in [5.74, 6) is 2.02. The molecule has 0 aliphatic carbocycles. The van der Waals surface area contributed by atoms with Crippen molar-refractivity contribution in [3.8, 4) is 11.5 Å². The van der Waals surface area contributed by atoms with E-state index >= 15 is 0 Å². The number of ether oxygens (including phenoxy) is 3. The molecule has 6 heteroatoms. The summed E-state index contributed by atoms with van der Waals surface area (Å²) in [5.41, 5.74) is 0.932. The van der Waals surface area contributed by atoms with E-state index in [1.54, 1.807) is 19.2 Å². The molecule has 2 aromatic rings. The minimum atomic E-state index is -0.271. The van der Waals surface area contributed by atoms with Gasteiger partial charge >= 0.3 is 0 Å². The molecule has 0 radical (unpaired) electrons. The zero-order valence-corrected chi connectivity index (χ0v) is 12.4. The molecule has 1 N–H and O–H groups in total. The van der Waals surface area contributed by atoms with E-state index in [-0.39, 0.29) is 24.5 Å². The summed E-state index contributed by atoms with van der Waals surface area (Å²) in [4.78, 5) is 12.2. The predicted molar refractivity (Wildman–Crippen MR) is 77.9 cm³/mol. The van der Waals surface area contributed by atoms with Crippen molar-refractivity contribution in [2.45, 2.75) is 19.6 Å². The molecule has 0 spiro atoms. The summed E-state index contributed by atoms with van der Waals surface area (Å²) >= 11 is 0. The molecule has 22 heavy (non-hydrogen) atoms. The third kappa shape index (κ3) is 2.92. The molecule has 1 unspecified atom stereocenters. The lowest BCUT2D eigenvalue weighted by Gasteiger charge is -2.13. The Morgan fingerprint density at radius 1 is 1.27 bits per heavy atom. The molecule has 6 nitrogen and oxygen atoms in total. The summed E-state index contributed by atoms with van der Waals surface area (Å²) in [7, 11) is 1.57. The average Bonchev–Trinajstić information content (AvgIpc) is 3.15. The van der Waals surface area contributed by atoms with E-state index in [2.05, 4.69) is 5.32 Å². The zero-order chi connectivity index (χ0) is 15.5. The highest BCUT2D eigenvalue weighted by Crippen LogP contribution is 2.34. The topological polar surface area (TPSA) is 69.9 Å². The van der Waals surface area contributed by atoms with E-state index < -0.39 is 0 Å². The van der Waals surface area contributed by atoms with Crippen LogP contribution in [-0.4, -0.2) is 19.8 Å². The zero-order valence-electron chi connectivity index (χ0n) is 12.4. The molecule has 116 valence electrons. The summed E-state index contributed by atoms with van der Waals surface area (Å²) in [6.45, 7) is 2.47. The minimum Gasteiger partial charge on any atom is -0.454 e. The van der Waals surface area contributed by atoms with Gasteiger partial charge in [-0.2, -0.15) is 0 Å². The molecule has 1 aliphatic heterocycles. The van der Waals surface area contributed by atoms with Gasteiger partial charge in [-0.3, -0.25) is 4.79 Å². The number of methoxy groups -OCH3 is 1. The first-order valence-electron chi connectivity index (χ1n) is 6.95. The lowest BCUT2D eigenvalue weighted by atomic mass is 10.1. The fraction of sp³-hybridized carbons (Fsp3) is 0.312. The second kappa shape index (κ2) is 6.11. The molecule has 1 aromatic carbocycles. The standard InChI is InChI=1S/C16H17NO5/c1-10(11-3-5-13-15(7-11)21-9-20-13)17-16(18)14-6-4-12(22-14)8-19-2/h3-7,10H,8-9H2,1-2H3,(H,17,18). The van der Waals surface area contributed by atoms with Crippen LogP contribution in [0.4, 0.5) is 0 Å². The highest BCUT2D eigenvalue weighted by Gasteiger charge is 2.18. The Balaban J connectivity index is 1.67. The Morgan fingerprint density at radius 2 is 2.09 bits per heavy atom. The van der Waals surface area contributed by atoms with Gasteiger partial charge in [0.2, 0.25) is 6.79 Å². The molecule has 0 saturated carbocycles. The Bertz CT molecular complexity index is 679. The SMILES string of the molecule is COCc1ccc(C(=O)NC(C)c2ccc3c(c2)OCO3)o1. The van der Waals surface area contributed by atoms with Crippen LogP contribution >= 0.6 is 0 Å². The molecule has 0 bridgehead atoms. The Hall–Kier alpha value is -2.47. The van der Waals surface area contributed by atoms with Crippen molar-refractivity contribution in [3.05, 3.63) is 47.4 Å². The van der Waals surface area contributed by atoms with E-state index in [4.69, 9.17) is 18.6 Å². The van der Waals surface area contributed by atoms with Gasteiger partial charge in [0.25, 0.3) is 5.91 Å². The van der Waals surface area contributed by atoms with Gasteiger partial charge in [0.15, 0.2) is 17.3 Å². The number of carbonyl (C=O) groups is 1. The monoisotopic (exact) mass is 303 g/mol. The maximum atomic E-state index is 12.2. The van der Waals surface area contributed by atoms with Gasteiger partial charge in [-0.15, -0.1) is 0 Å². The molecule has 1 aromatic heterocycles. The smallest absolute Gasteiger partial charge is 0.287 e. The number of hydrogen-bond acceptors (Lipinski definition) is 5. The van der Waals surface area contributed by atoms with Gasteiger partial charge in [0.1, 0.15) is 12.4 Å². The van der Waals surface area contributed by atoms with Gasteiger partial charge in [-0.05, 0) is 36.8 Å². The maximum Gasteiger partial charge on any atom is 0.287 e. The van der Waals surface area contributed by atoms with Gasteiger partial charge in [0.05, 0.1) is 6.04 Å². The molecule has 0 fully saturated rings. The first-order chi connectivity index (χ1) is 10.7. The summed E-state index contributed by atoms with van der Waals surface area (Å²) in [6, 6.07) is 8.78. The molecule has 1 amide bonds. The average molecular weight is 303 g/mol. The second-order valence-corrected chi connectivity index (χ2v) is 5.01. The van der Waals surface area contributed by atoms with Gasteiger partial charge < -0.3 is 23.9 Å². The minimum absolute atomic E-state index is 0.182. The van der Waals surface area contributed by atoms with Crippen LogP contribution in [0.15, 0.2) is 34.7 Å². The number of hydrogen-bond donors (Lipinski definition) is 1. The van der Waals surface area contributed by atoms with Crippen molar-refractivity contribution in [1.82, 2.24) is 5.32 Å². The number of carbonyl (C=O) groups excluding carboxylic acids is 1. The van der Waals surface area contributed by atoms with Crippen LogP contribution in [-0.2, 0) is 11.3 Å². The first kappa shape index (κ1) is 14.5. The Kier molecular flexibility index (Phi) is 4.02. The van der Waals surface area contributed by atoms with Crippen molar-refractivity contribution < 1.29 is 23.4 Å². The number of fused-ring (bicyclic) bond motifs is 1. The van der Waals surface area contributed by atoms with E-state index in [0.717, 1.165) is 11.3 Å². The van der Waals surface area contributed by atoms with Crippen LogP contribution in [0.5, 0.6) is 11.5 Å². The molecule has 2 heterocycles. The summed E-state index contributed by atoms with van der Waals surface area (Å²) in [6.07, 6.45) is 0. The summed E-state index contributed by atoms with van der Waals surface area (Å²) < 4.78 is 21.0. The van der Waals surface area contributed by atoms with Crippen molar-refractivity contribution >= 4 is 5.91 Å². The fourth-order valence-electron chi connectivity index (χ4n) is 2.25. The van der Waals surface area contributed by atoms with Gasteiger partial charge in [-0.25, -0.2) is 0 Å². The van der Waals surface area contributed by atoms with E-state index in [9.17, 15) is 4.79 Å². The van der Waals surface area contributed by atoms with E-state index in [0.29, 0.717) is 18.1 Å². The largest absolute Gasteiger partial charge is 0.454 e. The first-order valence-corrected chi connectivity index (χ1v) is 6.95. The summed E-state index contributed by atoms with van der Waals surface area (Å²) in [5, 5.41) is 2.89. The van der Waals surface area contributed by atoms with Crippen LogP contribution < -0.4 is 14.8 Å². The number of furan rings is 1. The highest BCUT2D eigenvalue weighted by atomic mass is 16.7. The highest BCUT2D eigenvalue weighted by molar-refractivity contribution is 5.91. The van der Waals surface area contributed by atoms with Crippen molar-refractivity contribution in [3.63, 3.8) is 0 Å². The molecule has 1 atom stereocenters. The molecular weight excluding hydrogens is 286 g/mol. The molecule has 0 saturated heterocycles. The lowest BCUT2D eigenvalue weighted by molar-refractivity contribution is 0.0903.